The van der Waals surface area contributed by atoms with Crippen molar-refractivity contribution in [3.05, 3.63) is 40.3 Å². The summed E-state index contributed by atoms with van der Waals surface area (Å²) in [5, 5.41) is 0. The van der Waals surface area contributed by atoms with Gasteiger partial charge in [-0.05, 0) is 25.7 Å². The van der Waals surface area contributed by atoms with E-state index in [1.807, 2.05) is 12.1 Å². The number of rotatable bonds is 0. The van der Waals surface area contributed by atoms with Crippen molar-refractivity contribution in [1.29, 1.82) is 0 Å². The SMILES string of the molecule is O=C1C(=O)c2ccccc2C2=C1SCC1(CCCCC1)O2. The molecule has 3 nitrogen and oxygen atoms in total. The molecule has 0 bridgehead atoms. The van der Waals surface area contributed by atoms with Gasteiger partial charge in [-0.1, -0.05) is 30.7 Å². The number of carbonyl (C=O) groups excluding carboxylic acids is 2. The summed E-state index contributed by atoms with van der Waals surface area (Å²) in [6.45, 7) is 0. The molecule has 0 amide bonds. The lowest BCUT2D eigenvalue weighted by Gasteiger charge is -2.42. The number of benzene rings is 1. The Morgan fingerprint density at radius 3 is 2.43 bits per heavy atom. The van der Waals surface area contributed by atoms with Crippen LogP contribution in [0.2, 0.25) is 0 Å². The van der Waals surface area contributed by atoms with Crippen LogP contribution in [0, 0.1) is 0 Å². The van der Waals surface area contributed by atoms with E-state index in [1.54, 1.807) is 12.1 Å². The molecule has 108 valence electrons. The Labute approximate surface area is 127 Å². The molecule has 0 N–H and O–H groups in total. The van der Waals surface area contributed by atoms with Gasteiger partial charge in [0.2, 0.25) is 11.6 Å². The Bertz CT molecular complexity index is 668. The van der Waals surface area contributed by atoms with E-state index in [1.165, 1.54) is 31.0 Å². The predicted molar refractivity (Wildman–Crippen MR) is 82.1 cm³/mol. The molecule has 0 atom stereocenters. The highest BCUT2D eigenvalue weighted by molar-refractivity contribution is 8.04. The Morgan fingerprint density at radius 1 is 0.952 bits per heavy atom. The second-order valence-electron chi connectivity index (χ2n) is 6.00. The minimum Gasteiger partial charge on any atom is -0.484 e. The van der Waals surface area contributed by atoms with Crippen molar-refractivity contribution in [1.82, 2.24) is 0 Å². The van der Waals surface area contributed by atoms with E-state index >= 15 is 0 Å². The van der Waals surface area contributed by atoms with Gasteiger partial charge in [0.15, 0.2) is 0 Å². The lowest BCUT2D eigenvalue weighted by molar-refractivity contribution is -0.111. The fourth-order valence-corrected chi connectivity index (χ4v) is 4.72. The summed E-state index contributed by atoms with van der Waals surface area (Å²) in [7, 11) is 0. The first-order valence-corrected chi connectivity index (χ1v) is 8.43. The first-order valence-electron chi connectivity index (χ1n) is 7.45. The lowest BCUT2D eigenvalue weighted by atomic mass is 9.85. The van der Waals surface area contributed by atoms with Crippen LogP contribution in [0.15, 0.2) is 29.2 Å². The summed E-state index contributed by atoms with van der Waals surface area (Å²) < 4.78 is 6.35. The minimum atomic E-state index is -0.403. The third-order valence-corrected chi connectivity index (χ3v) is 5.93. The molecule has 0 aromatic heterocycles. The molecule has 4 rings (SSSR count). The quantitative estimate of drug-likeness (QED) is 0.687. The van der Waals surface area contributed by atoms with E-state index in [0.29, 0.717) is 16.2 Å². The number of thioether (sulfide) groups is 1. The zero-order valence-corrected chi connectivity index (χ0v) is 12.5. The first-order chi connectivity index (χ1) is 10.2. The molecule has 1 aliphatic heterocycles. The molecule has 2 aliphatic carbocycles. The highest BCUT2D eigenvalue weighted by Gasteiger charge is 2.44. The van der Waals surface area contributed by atoms with Gasteiger partial charge in [-0.2, -0.15) is 0 Å². The molecule has 1 spiro atoms. The van der Waals surface area contributed by atoms with Crippen LogP contribution in [-0.2, 0) is 9.53 Å². The van der Waals surface area contributed by atoms with Crippen LogP contribution >= 0.6 is 11.8 Å². The van der Waals surface area contributed by atoms with Gasteiger partial charge in [0, 0.05) is 16.9 Å². The van der Waals surface area contributed by atoms with Crippen molar-refractivity contribution in [2.75, 3.05) is 5.75 Å². The third-order valence-electron chi connectivity index (χ3n) is 4.60. The number of ketones is 2. The zero-order valence-electron chi connectivity index (χ0n) is 11.7. The highest BCUT2D eigenvalue weighted by atomic mass is 32.2. The number of Topliss-reactive ketones (excluding diaryl/α,β-unsaturated/α-hetero) is 2. The summed E-state index contributed by atoms with van der Waals surface area (Å²) >= 11 is 1.51. The Morgan fingerprint density at radius 2 is 1.67 bits per heavy atom. The molecule has 21 heavy (non-hydrogen) atoms. The average Bonchev–Trinajstić information content (AvgIpc) is 2.53. The lowest BCUT2D eigenvalue weighted by Crippen LogP contribution is -2.41. The second-order valence-corrected chi connectivity index (χ2v) is 6.98. The van der Waals surface area contributed by atoms with Crippen LogP contribution in [0.5, 0.6) is 0 Å². The first kappa shape index (κ1) is 13.1. The standard InChI is InChI=1S/C17H16O3S/c18-13-11-6-2-3-7-12(11)15-16(14(13)19)21-10-17(20-15)8-4-1-5-9-17/h2-3,6-7H,1,4-5,8-10H2. The largest absolute Gasteiger partial charge is 0.484 e. The van der Waals surface area contributed by atoms with E-state index in [4.69, 9.17) is 4.74 Å². The Kier molecular flexibility index (Phi) is 2.96. The monoisotopic (exact) mass is 300 g/mol. The number of allylic oxidation sites excluding steroid dienone is 1. The van der Waals surface area contributed by atoms with Gasteiger partial charge in [0.1, 0.15) is 16.3 Å². The fourth-order valence-electron chi connectivity index (χ4n) is 3.45. The number of hydrogen-bond donors (Lipinski definition) is 0. The second kappa shape index (κ2) is 4.73. The van der Waals surface area contributed by atoms with Crippen LogP contribution in [0.3, 0.4) is 0 Å². The normalized spacial score (nSPS) is 23.6. The highest BCUT2D eigenvalue weighted by Crippen LogP contribution is 2.48. The maximum Gasteiger partial charge on any atom is 0.243 e. The number of ether oxygens (including phenoxy) is 1. The molecule has 1 fully saturated rings. The van der Waals surface area contributed by atoms with Crippen molar-refractivity contribution in [2.24, 2.45) is 0 Å². The maximum absolute atomic E-state index is 12.3. The van der Waals surface area contributed by atoms with Gasteiger partial charge in [-0.25, -0.2) is 0 Å². The average molecular weight is 300 g/mol. The Balaban J connectivity index is 1.81. The van der Waals surface area contributed by atoms with E-state index < -0.39 is 11.6 Å². The molecule has 0 saturated heterocycles. The van der Waals surface area contributed by atoms with E-state index in [9.17, 15) is 9.59 Å². The number of fused-ring (bicyclic) bond motifs is 2. The molecule has 0 radical (unpaired) electrons. The van der Waals surface area contributed by atoms with Crippen LogP contribution < -0.4 is 0 Å². The molecule has 1 aromatic carbocycles. The molecule has 3 aliphatic rings. The van der Waals surface area contributed by atoms with Gasteiger partial charge in [0.25, 0.3) is 0 Å². The summed E-state index contributed by atoms with van der Waals surface area (Å²) in [6.07, 6.45) is 5.70. The summed E-state index contributed by atoms with van der Waals surface area (Å²) in [5.74, 6) is 0.625. The number of carbonyl (C=O) groups is 2. The van der Waals surface area contributed by atoms with Crippen molar-refractivity contribution < 1.29 is 14.3 Å². The molecular weight excluding hydrogens is 284 g/mol. The van der Waals surface area contributed by atoms with Crippen molar-refractivity contribution in [3.63, 3.8) is 0 Å². The van der Waals surface area contributed by atoms with Crippen molar-refractivity contribution in [3.8, 4) is 0 Å². The van der Waals surface area contributed by atoms with E-state index in [0.717, 1.165) is 24.2 Å². The van der Waals surface area contributed by atoms with E-state index in [-0.39, 0.29) is 5.60 Å². The van der Waals surface area contributed by atoms with Gasteiger partial charge in [0.05, 0.1) is 0 Å². The molecule has 4 heteroatoms. The molecule has 1 heterocycles. The van der Waals surface area contributed by atoms with Gasteiger partial charge in [-0.3, -0.25) is 9.59 Å². The topological polar surface area (TPSA) is 43.4 Å². The van der Waals surface area contributed by atoms with Crippen LogP contribution in [0.1, 0.15) is 48.0 Å². The summed E-state index contributed by atoms with van der Waals surface area (Å²) in [5.41, 5.74) is 1.12. The van der Waals surface area contributed by atoms with Crippen LogP contribution in [0.4, 0.5) is 0 Å². The van der Waals surface area contributed by atoms with Crippen molar-refractivity contribution >= 4 is 29.1 Å². The number of hydrogen-bond acceptors (Lipinski definition) is 4. The van der Waals surface area contributed by atoms with Crippen LogP contribution in [-0.4, -0.2) is 22.9 Å². The maximum atomic E-state index is 12.3. The molecule has 1 saturated carbocycles. The fraction of sp³-hybridized carbons (Fsp3) is 0.412. The summed E-state index contributed by atoms with van der Waals surface area (Å²) in [6, 6.07) is 7.29. The van der Waals surface area contributed by atoms with Gasteiger partial charge >= 0.3 is 0 Å². The van der Waals surface area contributed by atoms with Gasteiger partial charge in [-0.15, -0.1) is 11.8 Å². The molecule has 1 aromatic rings. The Hall–Kier alpha value is -1.55. The summed E-state index contributed by atoms with van der Waals surface area (Å²) in [4.78, 5) is 25.0. The van der Waals surface area contributed by atoms with E-state index in [2.05, 4.69) is 0 Å². The third kappa shape index (κ3) is 1.96. The molecular formula is C17H16O3S. The predicted octanol–water partition coefficient (Wildman–Crippen LogP) is 3.59. The molecule has 0 unspecified atom stereocenters. The smallest absolute Gasteiger partial charge is 0.243 e. The van der Waals surface area contributed by atoms with Gasteiger partial charge < -0.3 is 4.74 Å². The zero-order chi connectivity index (χ0) is 14.4. The van der Waals surface area contributed by atoms with Crippen LogP contribution in [0.25, 0.3) is 5.76 Å². The minimum absolute atomic E-state index is 0.143. The van der Waals surface area contributed by atoms with Crippen molar-refractivity contribution in [2.45, 2.75) is 37.7 Å².